The van der Waals surface area contributed by atoms with E-state index in [9.17, 15) is 4.57 Å². The molecule has 0 N–H and O–H groups in total. The van der Waals surface area contributed by atoms with Crippen molar-refractivity contribution in [3.63, 3.8) is 0 Å². The van der Waals surface area contributed by atoms with Crippen LogP contribution in [0.4, 0.5) is 0 Å². The van der Waals surface area contributed by atoms with Crippen LogP contribution in [0.1, 0.15) is 43.9 Å². The second kappa shape index (κ2) is 18.7. The maximum atomic E-state index is 12.6. The molecule has 0 radical (unpaired) electrons. The first-order valence-electron chi connectivity index (χ1n) is 14.4. The van der Waals surface area contributed by atoms with Gasteiger partial charge in [-0.2, -0.15) is 0 Å². The lowest BCUT2D eigenvalue weighted by atomic mass is 10.1. The van der Waals surface area contributed by atoms with Gasteiger partial charge in [0.1, 0.15) is 13.2 Å². The summed E-state index contributed by atoms with van der Waals surface area (Å²) in [6.45, 7) is 7.79. The predicted molar refractivity (Wildman–Crippen MR) is 174 cm³/mol. The molecular weight excluding hydrogens is 545 g/mol. The number of ether oxygens (including phenoxy) is 2. The number of nitrogens with zero attached hydrogens (tertiary/aromatic N) is 1. The Hall–Kier alpha value is -3.70. The molecule has 0 saturated carbocycles. The zero-order chi connectivity index (χ0) is 29.9. The molecule has 42 heavy (non-hydrogen) atoms. The quantitative estimate of drug-likeness (QED) is 0.0643. The molecule has 0 saturated heterocycles. The van der Waals surface area contributed by atoms with Gasteiger partial charge in [-0.15, -0.1) is 0 Å². The summed E-state index contributed by atoms with van der Waals surface area (Å²) in [7, 11) is -3.02. The van der Waals surface area contributed by atoms with Crippen LogP contribution in [0.2, 0.25) is 0 Å². The lowest BCUT2D eigenvalue weighted by molar-refractivity contribution is 0.220. The molecule has 3 aromatic carbocycles. The lowest BCUT2D eigenvalue weighted by Crippen LogP contribution is -2.01. The highest BCUT2D eigenvalue weighted by Crippen LogP contribution is 2.48. The molecule has 3 rings (SSSR count). The molecule has 0 aromatic heterocycles. The van der Waals surface area contributed by atoms with E-state index in [1.165, 1.54) is 0 Å². The first-order chi connectivity index (χ1) is 20.5. The van der Waals surface area contributed by atoms with Crippen molar-refractivity contribution in [2.24, 2.45) is 4.99 Å². The van der Waals surface area contributed by atoms with Crippen LogP contribution in [0.3, 0.4) is 0 Å². The van der Waals surface area contributed by atoms with Gasteiger partial charge in [0.25, 0.3) is 0 Å². The van der Waals surface area contributed by atoms with Gasteiger partial charge in [-0.3, -0.25) is 9.56 Å². The highest BCUT2D eigenvalue weighted by Gasteiger charge is 2.22. The minimum atomic E-state index is -3.02. The summed E-state index contributed by atoms with van der Waals surface area (Å²) in [5.41, 5.74) is 4.16. The standard InChI is InChI=1S/C35H42NO5P/c1-4-14-30(23-25-36-24-13-26-42(37,40-5-2)41-6-3)19-20-31-21-22-34(38-28-32-15-9-7-10-16-32)35(27-31)39-29-33-17-11-8-12-18-33/h4,7-12,14-23,25,27H,5-6,13,24,26,28-29H2,1-3H3/b14-4-,20-19?,30-23+,36-25?. The predicted octanol–water partition coefficient (Wildman–Crippen LogP) is 9.09. The average molecular weight is 588 g/mol. The fraction of sp³-hybridized carbons (Fsp3) is 0.286. The van der Waals surface area contributed by atoms with Gasteiger partial charge >= 0.3 is 7.60 Å². The van der Waals surface area contributed by atoms with Crippen molar-refractivity contribution in [2.75, 3.05) is 25.9 Å². The van der Waals surface area contributed by atoms with Crippen molar-refractivity contribution in [1.82, 2.24) is 0 Å². The van der Waals surface area contributed by atoms with Gasteiger partial charge in [-0.25, -0.2) is 0 Å². The SMILES string of the molecule is C/C=C\C(C=Cc1ccc(OCc2ccccc2)c(OCc2ccccc2)c1)=C/C=NCCCP(=O)(OCC)OCC. The van der Waals surface area contributed by atoms with Crippen LogP contribution in [-0.4, -0.2) is 32.1 Å². The van der Waals surface area contributed by atoms with Gasteiger partial charge < -0.3 is 18.5 Å². The Bertz CT molecular complexity index is 1360. The molecule has 0 aliphatic rings. The van der Waals surface area contributed by atoms with Crippen molar-refractivity contribution in [3.8, 4) is 11.5 Å². The Balaban J connectivity index is 1.68. The van der Waals surface area contributed by atoms with Gasteiger partial charge in [-0.05, 0) is 67.7 Å². The Morgan fingerprint density at radius 1 is 0.810 bits per heavy atom. The van der Waals surface area contributed by atoms with E-state index >= 15 is 0 Å². The Morgan fingerprint density at radius 2 is 1.43 bits per heavy atom. The summed E-state index contributed by atoms with van der Waals surface area (Å²) >= 11 is 0. The summed E-state index contributed by atoms with van der Waals surface area (Å²) in [6, 6.07) is 26.1. The second-order valence-corrected chi connectivity index (χ2v) is 11.5. The molecule has 6 nitrogen and oxygen atoms in total. The molecule has 0 amide bonds. The van der Waals surface area contributed by atoms with Gasteiger partial charge in [0.05, 0.1) is 19.4 Å². The monoisotopic (exact) mass is 587 g/mol. The smallest absolute Gasteiger partial charge is 0.330 e. The molecule has 0 heterocycles. The summed E-state index contributed by atoms with van der Waals surface area (Å²) in [4.78, 5) is 4.46. The van der Waals surface area contributed by atoms with Crippen LogP contribution in [0, 0.1) is 0 Å². The largest absolute Gasteiger partial charge is 0.485 e. The minimum absolute atomic E-state index is 0.358. The Morgan fingerprint density at radius 3 is 2.02 bits per heavy atom. The Kier molecular flexibility index (Phi) is 14.6. The fourth-order valence-corrected chi connectivity index (χ4v) is 5.66. The van der Waals surface area contributed by atoms with Gasteiger partial charge in [0.2, 0.25) is 0 Å². The van der Waals surface area contributed by atoms with Crippen LogP contribution in [-0.2, 0) is 26.8 Å². The van der Waals surface area contributed by atoms with E-state index < -0.39 is 7.60 Å². The van der Waals surface area contributed by atoms with Crippen LogP contribution < -0.4 is 9.47 Å². The highest BCUT2D eigenvalue weighted by molar-refractivity contribution is 7.53. The second-order valence-electron chi connectivity index (χ2n) is 9.33. The number of aliphatic imine (C=N–C) groups is 1. The van der Waals surface area contributed by atoms with E-state index in [-0.39, 0.29) is 0 Å². The molecule has 0 aliphatic carbocycles. The fourth-order valence-electron chi connectivity index (χ4n) is 4.01. The molecule has 7 heteroatoms. The summed E-state index contributed by atoms with van der Waals surface area (Å²) in [6.07, 6.45) is 12.8. The number of hydrogen-bond acceptors (Lipinski definition) is 6. The van der Waals surface area contributed by atoms with E-state index in [0.29, 0.717) is 57.1 Å². The summed E-state index contributed by atoms with van der Waals surface area (Å²) in [5, 5.41) is 0. The molecule has 222 valence electrons. The average Bonchev–Trinajstić information content (AvgIpc) is 3.01. The first kappa shape index (κ1) is 32.8. The number of hydrogen-bond donors (Lipinski definition) is 0. The lowest BCUT2D eigenvalue weighted by Gasteiger charge is -2.16. The zero-order valence-electron chi connectivity index (χ0n) is 24.9. The third-order valence-electron chi connectivity index (χ3n) is 6.01. The summed E-state index contributed by atoms with van der Waals surface area (Å²) in [5.74, 6) is 1.38. The topological polar surface area (TPSA) is 66.4 Å². The summed E-state index contributed by atoms with van der Waals surface area (Å²) < 4.78 is 35.6. The van der Waals surface area contributed by atoms with E-state index in [4.69, 9.17) is 18.5 Å². The first-order valence-corrected chi connectivity index (χ1v) is 16.1. The van der Waals surface area contributed by atoms with E-state index in [1.54, 1.807) is 6.21 Å². The van der Waals surface area contributed by atoms with Gasteiger partial charge in [-0.1, -0.05) is 91.0 Å². The normalized spacial score (nSPS) is 12.5. The van der Waals surface area contributed by atoms with Crippen molar-refractivity contribution >= 4 is 19.9 Å². The van der Waals surface area contributed by atoms with E-state index in [1.807, 2.05) is 130 Å². The molecule has 0 aliphatic heterocycles. The van der Waals surface area contributed by atoms with Crippen molar-refractivity contribution in [1.29, 1.82) is 0 Å². The van der Waals surface area contributed by atoms with Crippen molar-refractivity contribution in [3.05, 3.63) is 125 Å². The Labute approximate surface area is 250 Å². The molecule has 0 unspecified atom stereocenters. The molecule has 3 aromatic rings. The number of rotatable bonds is 18. The zero-order valence-corrected chi connectivity index (χ0v) is 25.7. The number of benzene rings is 3. The third-order valence-corrected chi connectivity index (χ3v) is 8.18. The molecule has 0 spiro atoms. The highest BCUT2D eigenvalue weighted by atomic mass is 31.2. The molecule has 0 fully saturated rings. The van der Waals surface area contributed by atoms with Crippen LogP contribution in [0.5, 0.6) is 11.5 Å². The molecule has 0 atom stereocenters. The van der Waals surface area contributed by atoms with Crippen LogP contribution in [0.25, 0.3) is 6.08 Å². The minimum Gasteiger partial charge on any atom is -0.485 e. The van der Waals surface area contributed by atoms with E-state index in [0.717, 1.165) is 22.3 Å². The third kappa shape index (κ3) is 12.0. The maximum absolute atomic E-state index is 12.6. The molecular formula is C35H42NO5P. The van der Waals surface area contributed by atoms with Crippen molar-refractivity contribution in [2.45, 2.75) is 40.4 Å². The maximum Gasteiger partial charge on any atom is 0.330 e. The molecule has 0 bridgehead atoms. The number of allylic oxidation sites excluding steroid dienone is 5. The van der Waals surface area contributed by atoms with Crippen molar-refractivity contribution < 1.29 is 23.1 Å². The van der Waals surface area contributed by atoms with Crippen LogP contribution >= 0.6 is 7.60 Å². The van der Waals surface area contributed by atoms with E-state index in [2.05, 4.69) is 4.99 Å². The van der Waals surface area contributed by atoms with Crippen LogP contribution in [0.15, 0.2) is 114 Å². The van der Waals surface area contributed by atoms with Gasteiger partial charge in [0, 0.05) is 12.8 Å². The van der Waals surface area contributed by atoms with Gasteiger partial charge in [0.15, 0.2) is 11.5 Å².